The van der Waals surface area contributed by atoms with Crippen LogP contribution >= 0.6 is 0 Å². The fourth-order valence-electron chi connectivity index (χ4n) is 2.01. The predicted octanol–water partition coefficient (Wildman–Crippen LogP) is 2.18. The molecule has 0 radical (unpaired) electrons. The summed E-state index contributed by atoms with van der Waals surface area (Å²) in [6.07, 6.45) is 7.30. The van der Waals surface area contributed by atoms with Crippen LogP contribution in [0.15, 0.2) is 42.5 Å². The van der Waals surface area contributed by atoms with Crippen molar-refractivity contribution in [3.05, 3.63) is 48.0 Å². The van der Waals surface area contributed by atoms with Gasteiger partial charge in [0.2, 0.25) is 0 Å². The van der Waals surface area contributed by atoms with Gasteiger partial charge in [-0.15, -0.1) is 0 Å². The van der Waals surface area contributed by atoms with Gasteiger partial charge in [0.1, 0.15) is 10.5 Å². The second kappa shape index (κ2) is 10.4. The number of ether oxygens (including phenoxy) is 1. The largest absolute Gasteiger partial charge is 0.463 e. The Morgan fingerprint density at radius 2 is 2.05 bits per heavy atom. The lowest BCUT2D eigenvalue weighted by atomic mass is 10.0. The smallest absolute Gasteiger partial charge is 0.330 e. The summed E-state index contributed by atoms with van der Waals surface area (Å²) in [5.74, 6) is -0.257. The molecule has 4 heteroatoms. The van der Waals surface area contributed by atoms with Gasteiger partial charge in [-0.3, -0.25) is 0 Å². The number of hydrogen-bond donors (Lipinski definition) is 0. The monoisotopic (exact) mass is 292 g/mol. The van der Waals surface area contributed by atoms with E-state index in [4.69, 9.17) is 9.16 Å². The summed E-state index contributed by atoms with van der Waals surface area (Å²) in [5.41, 5.74) is 1.31. The minimum absolute atomic E-state index is 0.257. The van der Waals surface area contributed by atoms with Gasteiger partial charge in [0.15, 0.2) is 0 Å². The van der Waals surface area contributed by atoms with Gasteiger partial charge in [0.05, 0.1) is 6.61 Å². The molecule has 0 fully saturated rings. The first-order valence-electron chi connectivity index (χ1n) is 7.12. The molecule has 3 nitrogen and oxygen atoms in total. The van der Waals surface area contributed by atoms with Crippen molar-refractivity contribution in [2.45, 2.75) is 38.7 Å². The second-order valence-electron chi connectivity index (χ2n) is 4.71. The van der Waals surface area contributed by atoms with Crippen LogP contribution in [0.4, 0.5) is 0 Å². The van der Waals surface area contributed by atoms with Crippen molar-refractivity contribution >= 4 is 16.5 Å². The standard InChI is InChI=1S/C16H24O3Si/c1-2-8-16(17)18-12-7-6-11-15(19-20)13-14-9-4-3-5-10-14/h2-5,8-10,15H,6-7,11-13H2,1,20H3. The highest BCUT2D eigenvalue weighted by atomic mass is 28.2. The Morgan fingerprint density at radius 1 is 1.30 bits per heavy atom. The van der Waals surface area contributed by atoms with Gasteiger partial charge in [0, 0.05) is 12.2 Å². The van der Waals surface area contributed by atoms with Crippen molar-refractivity contribution in [1.82, 2.24) is 0 Å². The number of carbonyl (C=O) groups is 1. The zero-order valence-corrected chi connectivity index (χ0v) is 14.4. The highest BCUT2D eigenvalue weighted by Gasteiger charge is 2.07. The minimum atomic E-state index is -0.257. The summed E-state index contributed by atoms with van der Waals surface area (Å²) in [6, 6.07) is 10.4. The first kappa shape index (κ1) is 16.7. The van der Waals surface area contributed by atoms with E-state index in [1.54, 1.807) is 13.0 Å². The van der Waals surface area contributed by atoms with Crippen molar-refractivity contribution in [2.75, 3.05) is 6.61 Å². The van der Waals surface area contributed by atoms with Gasteiger partial charge in [-0.05, 0) is 38.2 Å². The lowest BCUT2D eigenvalue weighted by Crippen LogP contribution is -2.15. The van der Waals surface area contributed by atoms with E-state index in [0.29, 0.717) is 6.61 Å². The normalized spacial score (nSPS) is 12.7. The molecule has 0 aliphatic carbocycles. The number of unbranched alkanes of at least 4 members (excludes halogenated alkanes) is 1. The molecule has 0 N–H and O–H groups in total. The second-order valence-corrected chi connectivity index (χ2v) is 5.18. The van der Waals surface area contributed by atoms with E-state index in [1.165, 1.54) is 11.6 Å². The average Bonchev–Trinajstić information content (AvgIpc) is 2.47. The number of benzene rings is 1. The number of esters is 1. The van der Waals surface area contributed by atoms with Crippen LogP contribution in [0.5, 0.6) is 0 Å². The quantitative estimate of drug-likeness (QED) is 0.303. The molecule has 1 aromatic rings. The maximum atomic E-state index is 11.1. The van der Waals surface area contributed by atoms with Crippen molar-refractivity contribution in [3.63, 3.8) is 0 Å². The van der Waals surface area contributed by atoms with Gasteiger partial charge in [-0.1, -0.05) is 36.4 Å². The third kappa shape index (κ3) is 7.26. The number of hydrogen-bond acceptors (Lipinski definition) is 3. The molecule has 0 amide bonds. The van der Waals surface area contributed by atoms with Crippen LogP contribution in [-0.2, 0) is 20.4 Å². The fourth-order valence-corrected chi connectivity index (χ4v) is 2.41. The van der Waals surface area contributed by atoms with E-state index in [-0.39, 0.29) is 12.1 Å². The van der Waals surface area contributed by atoms with Crippen LogP contribution in [0.3, 0.4) is 0 Å². The molecule has 1 atom stereocenters. The van der Waals surface area contributed by atoms with E-state index in [0.717, 1.165) is 36.2 Å². The molecule has 0 aromatic heterocycles. The molecular formula is C16H24O3Si. The minimum Gasteiger partial charge on any atom is -0.463 e. The van der Waals surface area contributed by atoms with E-state index in [1.807, 2.05) is 6.07 Å². The van der Waals surface area contributed by atoms with E-state index < -0.39 is 0 Å². The van der Waals surface area contributed by atoms with E-state index in [2.05, 4.69) is 24.3 Å². The summed E-state index contributed by atoms with van der Waals surface area (Å²) >= 11 is 0. The highest BCUT2D eigenvalue weighted by Crippen LogP contribution is 2.11. The summed E-state index contributed by atoms with van der Waals surface area (Å²) in [5, 5.41) is 0. The fraction of sp³-hybridized carbons (Fsp3) is 0.438. The molecule has 1 rings (SSSR count). The Hall–Kier alpha value is -1.39. The third-order valence-corrected chi connectivity index (χ3v) is 3.77. The Balaban J connectivity index is 2.17. The lowest BCUT2D eigenvalue weighted by Gasteiger charge is -2.15. The number of allylic oxidation sites excluding steroid dienone is 1. The zero-order chi connectivity index (χ0) is 14.6. The van der Waals surface area contributed by atoms with Crippen molar-refractivity contribution < 1.29 is 14.0 Å². The van der Waals surface area contributed by atoms with Gasteiger partial charge in [-0.25, -0.2) is 4.79 Å². The Kier molecular flexibility index (Phi) is 8.66. The van der Waals surface area contributed by atoms with Crippen LogP contribution in [-0.4, -0.2) is 29.2 Å². The highest BCUT2D eigenvalue weighted by molar-refractivity contribution is 5.98. The first-order valence-corrected chi connectivity index (χ1v) is 7.94. The molecule has 110 valence electrons. The molecule has 0 aliphatic rings. The van der Waals surface area contributed by atoms with Gasteiger partial charge < -0.3 is 9.16 Å². The number of rotatable bonds is 9. The first-order chi connectivity index (χ1) is 9.76. The lowest BCUT2D eigenvalue weighted by molar-refractivity contribution is -0.137. The van der Waals surface area contributed by atoms with Crippen molar-refractivity contribution in [3.8, 4) is 0 Å². The van der Waals surface area contributed by atoms with Crippen LogP contribution in [0, 0.1) is 0 Å². The Labute approximate surface area is 124 Å². The van der Waals surface area contributed by atoms with Gasteiger partial charge in [0.25, 0.3) is 0 Å². The topological polar surface area (TPSA) is 35.5 Å². The van der Waals surface area contributed by atoms with Crippen molar-refractivity contribution in [2.24, 2.45) is 0 Å². The molecule has 0 bridgehead atoms. The Morgan fingerprint density at radius 3 is 2.70 bits per heavy atom. The SMILES string of the molecule is CC=CC(=O)OCCCCC(Cc1ccccc1)O[SiH3]. The molecule has 20 heavy (non-hydrogen) atoms. The summed E-state index contributed by atoms with van der Waals surface area (Å²) in [7, 11) is 0.756. The van der Waals surface area contributed by atoms with Gasteiger partial charge in [-0.2, -0.15) is 0 Å². The summed E-state index contributed by atoms with van der Waals surface area (Å²) in [6.45, 7) is 2.29. The molecule has 0 saturated carbocycles. The molecule has 0 aliphatic heterocycles. The summed E-state index contributed by atoms with van der Waals surface area (Å²) in [4.78, 5) is 11.1. The number of carbonyl (C=O) groups excluding carboxylic acids is 1. The Bertz CT molecular complexity index is 403. The maximum absolute atomic E-state index is 11.1. The third-order valence-electron chi connectivity index (χ3n) is 3.11. The average molecular weight is 292 g/mol. The van der Waals surface area contributed by atoms with Crippen LogP contribution < -0.4 is 0 Å². The molecule has 1 aromatic carbocycles. The molecular weight excluding hydrogens is 268 g/mol. The molecule has 1 unspecified atom stereocenters. The zero-order valence-electron chi connectivity index (χ0n) is 12.4. The molecule has 0 heterocycles. The van der Waals surface area contributed by atoms with Crippen LogP contribution in [0.25, 0.3) is 0 Å². The van der Waals surface area contributed by atoms with Crippen molar-refractivity contribution in [1.29, 1.82) is 0 Å². The molecule has 0 saturated heterocycles. The van der Waals surface area contributed by atoms with Crippen LogP contribution in [0.2, 0.25) is 0 Å². The molecule has 0 spiro atoms. The predicted molar refractivity (Wildman–Crippen MR) is 84.6 cm³/mol. The summed E-state index contributed by atoms with van der Waals surface area (Å²) < 4.78 is 10.7. The van der Waals surface area contributed by atoms with E-state index >= 15 is 0 Å². The maximum Gasteiger partial charge on any atom is 0.330 e. The van der Waals surface area contributed by atoms with Crippen LogP contribution in [0.1, 0.15) is 31.7 Å². The van der Waals surface area contributed by atoms with E-state index in [9.17, 15) is 4.79 Å². The van der Waals surface area contributed by atoms with Gasteiger partial charge >= 0.3 is 5.97 Å².